The van der Waals surface area contributed by atoms with E-state index >= 15 is 0 Å². The second kappa shape index (κ2) is 14.0. The lowest BCUT2D eigenvalue weighted by molar-refractivity contribution is -0.137. The fourth-order valence-electron chi connectivity index (χ4n) is 3.33. The second-order valence-electron chi connectivity index (χ2n) is 8.61. The lowest BCUT2D eigenvalue weighted by atomic mass is 10.2. The number of para-hydroxylation sites is 2. The number of hydrogen-bond acceptors (Lipinski definition) is 6. The van der Waals surface area contributed by atoms with Crippen LogP contribution in [0.3, 0.4) is 0 Å². The van der Waals surface area contributed by atoms with Gasteiger partial charge in [-0.2, -0.15) is 21.6 Å². The highest BCUT2D eigenvalue weighted by molar-refractivity contribution is 7.85. The van der Waals surface area contributed by atoms with Gasteiger partial charge in [0.05, 0.1) is 21.2 Å². The minimum atomic E-state index is -4.66. The van der Waals surface area contributed by atoms with Crippen LogP contribution in [-0.2, 0) is 16.3 Å². The summed E-state index contributed by atoms with van der Waals surface area (Å²) < 4.78 is 74.3. The first-order chi connectivity index (χ1) is 20.2. The van der Waals surface area contributed by atoms with Crippen molar-refractivity contribution in [1.29, 1.82) is 0 Å². The number of pyridine rings is 1. The summed E-state index contributed by atoms with van der Waals surface area (Å²) >= 11 is 5.59. The van der Waals surface area contributed by atoms with Gasteiger partial charge in [-0.25, -0.2) is 4.79 Å². The Morgan fingerprint density at radius 2 is 1.63 bits per heavy atom. The molecule has 0 bridgehead atoms. The number of carbonyl (C=O) groups is 2. The van der Waals surface area contributed by atoms with Gasteiger partial charge in [0.2, 0.25) is 0 Å². The van der Waals surface area contributed by atoms with Crippen molar-refractivity contribution < 1.29 is 40.5 Å². The first-order valence-electron chi connectivity index (χ1n) is 12.1. The molecule has 0 fully saturated rings. The normalized spacial score (nSPS) is 11.0. The molecule has 226 valence electrons. The van der Waals surface area contributed by atoms with Gasteiger partial charge in [-0.3, -0.25) is 14.3 Å². The van der Waals surface area contributed by atoms with Crippen LogP contribution in [0.15, 0.2) is 90.0 Å². The van der Waals surface area contributed by atoms with Crippen LogP contribution in [0.2, 0.25) is 5.02 Å². The number of anilines is 2. The summed E-state index contributed by atoms with van der Waals surface area (Å²) in [6.07, 6.45) is -3.27. The SMILES string of the molecule is CNC(=O)c1cc(Oc2ccccc2NC(=O)Nc2ccc(Cl)c(C(F)(F)F)c2)ccn1.Cc1ccc(S(=O)(=O)O)cc1. The number of hydrogen-bond donors (Lipinski definition) is 4. The molecule has 0 saturated heterocycles. The maximum absolute atomic E-state index is 13.0. The summed E-state index contributed by atoms with van der Waals surface area (Å²) in [6.45, 7) is 1.84. The topological polar surface area (TPSA) is 147 Å². The molecule has 3 aromatic carbocycles. The van der Waals surface area contributed by atoms with Gasteiger partial charge in [0.25, 0.3) is 16.0 Å². The predicted octanol–water partition coefficient (Wildman–Crippen LogP) is 6.79. The minimum Gasteiger partial charge on any atom is -0.455 e. The van der Waals surface area contributed by atoms with Crippen molar-refractivity contribution in [3.63, 3.8) is 0 Å². The van der Waals surface area contributed by atoms with Crippen LogP contribution in [0.1, 0.15) is 21.6 Å². The van der Waals surface area contributed by atoms with E-state index in [9.17, 15) is 31.2 Å². The van der Waals surface area contributed by atoms with Crippen molar-refractivity contribution in [3.05, 3.63) is 107 Å². The molecule has 1 heterocycles. The van der Waals surface area contributed by atoms with E-state index in [4.69, 9.17) is 20.9 Å². The molecule has 0 aliphatic rings. The van der Waals surface area contributed by atoms with Crippen LogP contribution in [0, 0.1) is 6.92 Å². The molecule has 0 saturated carbocycles. The van der Waals surface area contributed by atoms with Crippen LogP contribution in [0.25, 0.3) is 0 Å². The highest BCUT2D eigenvalue weighted by Gasteiger charge is 2.33. The summed E-state index contributed by atoms with van der Waals surface area (Å²) in [5, 5.41) is 6.81. The Labute approximate surface area is 249 Å². The van der Waals surface area contributed by atoms with Crippen molar-refractivity contribution >= 4 is 45.0 Å². The largest absolute Gasteiger partial charge is 0.455 e. The first-order valence-corrected chi connectivity index (χ1v) is 13.9. The smallest absolute Gasteiger partial charge is 0.417 e. The minimum absolute atomic E-state index is 0.0666. The van der Waals surface area contributed by atoms with Gasteiger partial charge in [-0.05, 0) is 55.5 Å². The molecule has 3 amide bonds. The zero-order valence-corrected chi connectivity index (χ0v) is 24.0. The number of aromatic nitrogens is 1. The van der Waals surface area contributed by atoms with Crippen molar-refractivity contribution in [2.45, 2.75) is 18.0 Å². The first kappa shape index (κ1) is 32.8. The van der Waals surface area contributed by atoms with E-state index in [0.29, 0.717) is 5.75 Å². The molecular weight excluding hydrogens is 613 g/mol. The molecule has 43 heavy (non-hydrogen) atoms. The van der Waals surface area contributed by atoms with Crippen molar-refractivity contribution in [1.82, 2.24) is 10.3 Å². The summed E-state index contributed by atoms with van der Waals surface area (Å²) in [7, 11) is -2.55. The van der Waals surface area contributed by atoms with Gasteiger partial charge < -0.3 is 20.7 Å². The third-order valence-corrected chi connectivity index (χ3v) is 6.60. The van der Waals surface area contributed by atoms with Crippen molar-refractivity contribution in [2.75, 3.05) is 17.7 Å². The summed E-state index contributed by atoms with van der Waals surface area (Å²) in [4.78, 5) is 28.0. The predicted molar refractivity (Wildman–Crippen MR) is 154 cm³/mol. The zero-order valence-electron chi connectivity index (χ0n) is 22.4. The summed E-state index contributed by atoms with van der Waals surface area (Å²) in [5.74, 6) is 0.131. The van der Waals surface area contributed by atoms with Crippen molar-refractivity contribution in [2.24, 2.45) is 0 Å². The highest BCUT2D eigenvalue weighted by Crippen LogP contribution is 2.36. The van der Waals surface area contributed by atoms with Crippen LogP contribution in [0.4, 0.5) is 29.3 Å². The molecule has 15 heteroatoms. The van der Waals surface area contributed by atoms with Crippen molar-refractivity contribution in [3.8, 4) is 11.5 Å². The molecule has 0 unspecified atom stereocenters. The van der Waals surface area contributed by atoms with Gasteiger partial charge in [0.15, 0.2) is 5.75 Å². The Bertz CT molecular complexity index is 1720. The van der Waals surface area contributed by atoms with Gasteiger partial charge in [-0.15, -0.1) is 0 Å². The number of amides is 3. The molecule has 10 nitrogen and oxygen atoms in total. The number of urea groups is 1. The fourth-order valence-corrected chi connectivity index (χ4v) is 4.03. The molecule has 4 aromatic rings. The van der Waals surface area contributed by atoms with Gasteiger partial charge in [-0.1, -0.05) is 41.4 Å². The molecular formula is C28H24ClF3N4O6S. The van der Waals surface area contributed by atoms with Gasteiger partial charge >= 0.3 is 12.2 Å². The number of aryl methyl sites for hydroxylation is 1. The number of ether oxygens (including phenoxy) is 1. The highest BCUT2D eigenvalue weighted by atomic mass is 35.5. The number of nitrogens with one attached hydrogen (secondary N) is 3. The fraction of sp³-hybridized carbons (Fsp3) is 0.107. The van der Waals surface area contributed by atoms with Crippen LogP contribution < -0.4 is 20.7 Å². The van der Waals surface area contributed by atoms with E-state index in [-0.39, 0.29) is 27.7 Å². The number of halogens is 4. The van der Waals surface area contributed by atoms with E-state index in [1.807, 2.05) is 6.92 Å². The Kier molecular flexibility index (Phi) is 10.7. The maximum atomic E-state index is 13.0. The maximum Gasteiger partial charge on any atom is 0.417 e. The van der Waals surface area contributed by atoms with E-state index in [0.717, 1.165) is 17.7 Å². The molecule has 4 rings (SSSR count). The number of nitrogens with zero attached hydrogens (tertiary/aromatic N) is 1. The molecule has 0 aliphatic carbocycles. The monoisotopic (exact) mass is 636 g/mol. The number of alkyl halides is 3. The average Bonchev–Trinajstić information content (AvgIpc) is 2.94. The van der Waals surface area contributed by atoms with Crippen LogP contribution >= 0.6 is 11.6 Å². The van der Waals surface area contributed by atoms with Crippen LogP contribution in [0.5, 0.6) is 11.5 Å². The molecule has 0 atom stereocenters. The number of carbonyl (C=O) groups excluding carboxylic acids is 2. The van der Waals surface area contributed by atoms with E-state index in [1.165, 1.54) is 43.6 Å². The third-order valence-electron chi connectivity index (χ3n) is 5.40. The van der Waals surface area contributed by atoms with E-state index in [1.54, 1.807) is 36.4 Å². The number of rotatable bonds is 6. The standard InChI is InChI=1S/C21H16ClF3N4O3.C7H8O3S/c1-26-19(30)17-11-13(8-9-27-17)32-18-5-3-2-4-16(18)29-20(31)28-12-6-7-15(22)14(10-12)21(23,24)25;1-6-2-4-7(5-3-6)11(8,9)10/h2-11H,1H3,(H,26,30)(H2,28,29,31);2-5H,1H3,(H,8,9,10). The Hall–Kier alpha value is -4.66. The molecule has 0 radical (unpaired) electrons. The summed E-state index contributed by atoms with van der Waals surface area (Å²) in [5.41, 5.74) is 0.175. The Morgan fingerprint density at radius 3 is 2.26 bits per heavy atom. The Morgan fingerprint density at radius 1 is 0.953 bits per heavy atom. The Balaban J connectivity index is 0.000000386. The van der Waals surface area contributed by atoms with Crippen LogP contribution in [-0.4, -0.2) is 36.9 Å². The molecule has 1 aromatic heterocycles. The number of benzene rings is 3. The quantitative estimate of drug-likeness (QED) is 0.170. The zero-order chi connectivity index (χ0) is 31.8. The summed E-state index contributed by atoms with van der Waals surface area (Å²) in [6, 6.07) is 17.6. The lowest BCUT2D eigenvalue weighted by Crippen LogP contribution is -2.20. The molecule has 0 aliphatic heterocycles. The molecule has 4 N–H and O–H groups in total. The second-order valence-corrected chi connectivity index (χ2v) is 10.4. The van der Waals surface area contributed by atoms with Gasteiger partial charge in [0, 0.05) is 25.0 Å². The third kappa shape index (κ3) is 9.70. The van der Waals surface area contributed by atoms with E-state index in [2.05, 4.69) is 20.9 Å². The lowest BCUT2D eigenvalue weighted by Gasteiger charge is -2.14. The van der Waals surface area contributed by atoms with Gasteiger partial charge in [0.1, 0.15) is 11.4 Å². The van der Waals surface area contributed by atoms with E-state index < -0.39 is 38.8 Å². The molecule has 0 spiro atoms. The average molecular weight is 637 g/mol.